The van der Waals surface area contributed by atoms with Gasteiger partial charge in [-0.25, -0.2) is 38.4 Å². The number of esters is 16. The van der Waals surface area contributed by atoms with E-state index in [0.29, 0.717) is 22.3 Å². The predicted molar refractivity (Wildman–Crippen MR) is 391 cm³/mol. The van der Waals surface area contributed by atoms with Gasteiger partial charge in [-0.1, -0.05) is 177 Å². The summed E-state index contributed by atoms with van der Waals surface area (Å²) in [6.45, 7) is 24.5. The minimum Gasteiger partial charge on any atom is -0.463 e. The number of carbonyl (C=O) groups excluding carboxylic acids is 16. The Morgan fingerprint density at radius 3 is 0.500 bits per heavy atom. The third-order valence-corrected chi connectivity index (χ3v) is 13.6. The molecule has 0 radical (unpaired) electrons. The maximum absolute atomic E-state index is 12.8. The first-order chi connectivity index (χ1) is 53.0. The Kier molecular flexibility index (Phi) is 46.8. The van der Waals surface area contributed by atoms with Crippen LogP contribution >= 0.6 is 0 Å². The zero-order chi connectivity index (χ0) is 84.5. The lowest BCUT2D eigenvalue weighted by molar-refractivity contribution is -0.199. The molecule has 0 aliphatic carbocycles. The highest BCUT2D eigenvalue weighted by Crippen LogP contribution is 2.22. The molecule has 4 aromatic carbocycles. The predicted octanol–water partition coefficient (Wildman–Crippen LogP) is 9.30. The summed E-state index contributed by atoms with van der Waals surface area (Å²) in [5, 5.41) is 0. The molecule has 0 bridgehead atoms. The molecule has 0 aliphatic heterocycles. The standard InChI is InChI=1S/2C24H26O8.C18H30O8.C14H22O8/c2*1-3-19(25)31-21(23(27)29-15-17-11-7-5-8-12-17)22(32-20(26)4-2)24(28)30-16-18-13-9-6-10-14-18;1-9-11(19)23-13(15(21)25-17(3,4)5)14(24-12(20)10-2)16(22)26-18(6,7)8;1-5-9(15)21-11(13(17)19-7-3)12(14(18)20-8-4)22-10(16)6-2/h2*5-14,21-22H,3-4,15-16H2,1-2H3;13-14H,9-10H2,1-8H3;11-12H,5-8H2,1-4H3. The van der Waals surface area contributed by atoms with E-state index in [1.165, 1.54) is 55.4 Å². The summed E-state index contributed by atoms with van der Waals surface area (Å²) in [7, 11) is 0. The zero-order valence-corrected chi connectivity index (χ0v) is 66.1. The number of hydrogen-bond donors (Lipinski definition) is 0. The highest BCUT2D eigenvalue weighted by molar-refractivity contribution is 5.92. The topological polar surface area (TPSA) is 421 Å². The van der Waals surface area contributed by atoms with Crippen LogP contribution in [0.15, 0.2) is 121 Å². The summed E-state index contributed by atoms with van der Waals surface area (Å²) >= 11 is 0. The van der Waals surface area contributed by atoms with Gasteiger partial charge >= 0.3 is 95.5 Å². The number of ether oxygens (including phenoxy) is 16. The van der Waals surface area contributed by atoms with Gasteiger partial charge in [-0.15, -0.1) is 0 Å². The molecule has 0 fully saturated rings. The molecule has 8 atom stereocenters. The Hall–Kier alpha value is -11.6. The molecule has 0 N–H and O–H groups in total. The zero-order valence-electron chi connectivity index (χ0n) is 66.1. The van der Waals surface area contributed by atoms with Crippen molar-refractivity contribution in [2.75, 3.05) is 13.2 Å². The second-order valence-corrected chi connectivity index (χ2v) is 25.1. The molecule has 112 heavy (non-hydrogen) atoms. The molecule has 0 heterocycles. The highest BCUT2D eigenvalue weighted by atomic mass is 16.7. The first kappa shape index (κ1) is 98.4. The molecule has 4 rings (SSSR count). The average molecular weight is 1580 g/mol. The second kappa shape index (κ2) is 53.3. The van der Waals surface area contributed by atoms with Crippen LogP contribution in [0.5, 0.6) is 0 Å². The van der Waals surface area contributed by atoms with Crippen molar-refractivity contribution in [2.24, 2.45) is 0 Å². The molecule has 4 aromatic rings. The Labute approximate surface area is 650 Å². The second-order valence-electron chi connectivity index (χ2n) is 25.1. The fraction of sp³-hybridized carbons (Fsp3) is 0.500. The van der Waals surface area contributed by atoms with Crippen molar-refractivity contribution in [2.45, 2.75) is 249 Å². The lowest BCUT2D eigenvalue weighted by atomic mass is 10.1. The van der Waals surface area contributed by atoms with Gasteiger partial charge in [0.2, 0.25) is 48.8 Å². The van der Waals surface area contributed by atoms with Crippen LogP contribution in [0.1, 0.15) is 184 Å². The van der Waals surface area contributed by atoms with E-state index in [9.17, 15) is 76.7 Å². The van der Waals surface area contributed by atoms with Crippen molar-refractivity contribution in [3.63, 3.8) is 0 Å². The SMILES string of the molecule is CCC(=O)OC(C(=O)OC(C)(C)C)C(OC(=O)CC)C(=O)OC(C)(C)C.CCC(=O)OC(C(=O)OCc1ccccc1)C(OC(=O)CC)C(=O)OCc1ccccc1.CCC(=O)OC(C(=O)OCc1ccccc1)C(OC(=O)CC)C(=O)OCc1ccccc1.CCOC(=O)C(OC(=O)CC)C(OC(=O)CC)C(=O)OCC. The van der Waals surface area contributed by atoms with E-state index < -0.39 is 156 Å². The molecule has 0 amide bonds. The molecule has 0 spiro atoms. The van der Waals surface area contributed by atoms with Crippen LogP contribution in [0.3, 0.4) is 0 Å². The van der Waals surface area contributed by atoms with Crippen molar-refractivity contribution >= 4 is 95.5 Å². The number of carbonyl (C=O) groups is 16. The minimum absolute atomic E-state index is 0.0102. The van der Waals surface area contributed by atoms with E-state index in [-0.39, 0.29) is 91.0 Å². The fourth-order valence-corrected chi connectivity index (χ4v) is 8.08. The molecule has 32 heteroatoms. The van der Waals surface area contributed by atoms with Crippen molar-refractivity contribution in [3.8, 4) is 0 Å². The molecule has 616 valence electrons. The van der Waals surface area contributed by atoms with E-state index in [4.69, 9.17) is 75.8 Å². The summed E-state index contributed by atoms with van der Waals surface area (Å²) in [5.74, 6) is -14.1. The summed E-state index contributed by atoms with van der Waals surface area (Å²) in [4.78, 5) is 194. The largest absolute Gasteiger partial charge is 0.463 e. The molecular weight excluding hydrogens is 1470 g/mol. The van der Waals surface area contributed by atoms with E-state index in [0.717, 1.165) is 0 Å². The van der Waals surface area contributed by atoms with E-state index in [2.05, 4.69) is 0 Å². The summed E-state index contributed by atoms with van der Waals surface area (Å²) in [6.07, 6.45) is -14.5. The maximum atomic E-state index is 12.8. The van der Waals surface area contributed by atoms with Crippen LogP contribution in [0.2, 0.25) is 0 Å². The van der Waals surface area contributed by atoms with Gasteiger partial charge < -0.3 is 75.8 Å². The molecule has 0 aliphatic rings. The summed E-state index contributed by atoms with van der Waals surface area (Å²) in [6, 6.07) is 35.3. The van der Waals surface area contributed by atoms with Gasteiger partial charge in [-0.05, 0) is 77.6 Å². The normalized spacial score (nSPS) is 12.7. The summed E-state index contributed by atoms with van der Waals surface area (Å²) in [5.41, 5.74) is 0.957. The van der Waals surface area contributed by atoms with Gasteiger partial charge in [0.25, 0.3) is 0 Å². The van der Waals surface area contributed by atoms with Crippen molar-refractivity contribution in [3.05, 3.63) is 144 Å². The van der Waals surface area contributed by atoms with E-state index >= 15 is 0 Å². The van der Waals surface area contributed by atoms with Crippen molar-refractivity contribution < 1.29 is 153 Å². The lowest BCUT2D eigenvalue weighted by Gasteiger charge is -2.29. The number of hydrogen-bond acceptors (Lipinski definition) is 32. The molecule has 0 saturated heterocycles. The third-order valence-electron chi connectivity index (χ3n) is 13.6. The fourth-order valence-electron chi connectivity index (χ4n) is 8.08. The Morgan fingerprint density at radius 1 is 0.223 bits per heavy atom. The van der Waals surface area contributed by atoms with Crippen LogP contribution in [0, 0.1) is 0 Å². The third kappa shape index (κ3) is 40.2. The molecule has 8 unspecified atom stereocenters. The van der Waals surface area contributed by atoms with Gasteiger partial charge in [0.1, 0.15) is 37.6 Å². The number of benzene rings is 4. The van der Waals surface area contributed by atoms with Crippen molar-refractivity contribution in [1.29, 1.82) is 0 Å². The monoisotopic (exact) mass is 1580 g/mol. The molecule has 0 aromatic heterocycles. The van der Waals surface area contributed by atoms with Gasteiger partial charge in [0.05, 0.1) is 13.2 Å². The van der Waals surface area contributed by atoms with Crippen LogP contribution in [0.25, 0.3) is 0 Å². The smallest absolute Gasteiger partial charge is 0.352 e. The quantitative estimate of drug-likeness (QED) is 0.0298. The van der Waals surface area contributed by atoms with Crippen LogP contribution < -0.4 is 0 Å². The van der Waals surface area contributed by atoms with E-state index in [1.807, 2.05) is 0 Å². The Balaban J connectivity index is 0.000000755. The molecule has 32 nitrogen and oxygen atoms in total. The first-order valence-corrected chi connectivity index (χ1v) is 36.2. The van der Waals surface area contributed by atoms with Gasteiger partial charge in [-0.2, -0.15) is 0 Å². The van der Waals surface area contributed by atoms with Crippen LogP contribution in [-0.2, 0) is 179 Å². The lowest BCUT2D eigenvalue weighted by Crippen LogP contribution is -2.50. The Morgan fingerprint density at radius 2 is 0.366 bits per heavy atom. The molecule has 0 saturated carbocycles. The van der Waals surface area contributed by atoms with E-state index in [1.54, 1.807) is 177 Å². The number of rotatable bonds is 38. The molecular formula is C80H104O32. The summed E-state index contributed by atoms with van der Waals surface area (Å²) < 4.78 is 81.3. The highest BCUT2D eigenvalue weighted by Gasteiger charge is 2.47. The van der Waals surface area contributed by atoms with Gasteiger partial charge in [-0.3, -0.25) is 38.4 Å². The van der Waals surface area contributed by atoms with Crippen LogP contribution in [0.4, 0.5) is 0 Å². The van der Waals surface area contributed by atoms with Crippen LogP contribution in [-0.4, -0.2) is 169 Å². The Bertz CT molecular complexity index is 3250. The van der Waals surface area contributed by atoms with Gasteiger partial charge in [0, 0.05) is 51.4 Å². The average Bonchev–Trinajstić information content (AvgIpc) is 0.834. The first-order valence-electron chi connectivity index (χ1n) is 36.2. The van der Waals surface area contributed by atoms with Gasteiger partial charge in [0.15, 0.2) is 0 Å². The maximum Gasteiger partial charge on any atom is 0.352 e. The minimum atomic E-state index is -1.80. The van der Waals surface area contributed by atoms with Crippen molar-refractivity contribution in [1.82, 2.24) is 0 Å².